The fourth-order valence-corrected chi connectivity index (χ4v) is 3.13. The molecule has 0 spiro atoms. The van der Waals surface area contributed by atoms with E-state index in [2.05, 4.69) is 0 Å². The molecule has 0 aromatic rings. The first-order chi connectivity index (χ1) is 10.0. The fourth-order valence-electron chi connectivity index (χ4n) is 3.13. The third-order valence-corrected chi connectivity index (χ3v) is 4.62. The van der Waals surface area contributed by atoms with Crippen LogP contribution in [0.25, 0.3) is 0 Å². The molecular weight excluding hydrogens is 272 g/mol. The zero-order chi connectivity index (χ0) is 15.4. The van der Waals surface area contributed by atoms with Gasteiger partial charge in [0.1, 0.15) is 0 Å². The zero-order valence-electron chi connectivity index (χ0n) is 12.8. The van der Waals surface area contributed by atoms with Gasteiger partial charge in [0.05, 0.1) is 6.10 Å². The Morgan fingerprint density at radius 1 is 1.19 bits per heavy atom. The number of nitrogens with zero attached hydrogens (tertiary/aromatic N) is 2. The van der Waals surface area contributed by atoms with Crippen LogP contribution in [-0.4, -0.2) is 60.4 Å². The number of carbonyl (C=O) groups excluding carboxylic acids is 3. The van der Waals surface area contributed by atoms with E-state index in [0.29, 0.717) is 6.10 Å². The van der Waals surface area contributed by atoms with Crippen LogP contribution in [0.1, 0.15) is 44.9 Å². The first-order valence-corrected chi connectivity index (χ1v) is 7.64. The van der Waals surface area contributed by atoms with Gasteiger partial charge in [-0.1, -0.05) is 0 Å². The molecule has 3 amide bonds. The van der Waals surface area contributed by atoms with Crippen LogP contribution in [0.15, 0.2) is 0 Å². The summed E-state index contributed by atoms with van der Waals surface area (Å²) in [6.45, 7) is 0.217. The summed E-state index contributed by atoms with van der Waals surface area (Å²) in [6, 6.07) is 0.244. The van der Waals surface area contributed by atoms with Crippen molar-refractivity contribution in [2.75, 3.05) is 20.7 Å². The summed E-state index contributed by atoms with van der Waals surface area (Å²) in [6.07, 6.45) is 4.94. The molecule has 118 valence electrons. The van der Waals surface area contributed by atoms with E-state index in [-0.39, 0.29) is 49.6 Å². The number of amides is 3. The van der Waals surface area contributed by atoms with Gasteiger partial charge in [-0.05, 0) is 25.7 Å². The van der Waals surface area contributed by atoms with E-state index >= 15 is 0 Å². The van der Waals surface area contributed by atoms with Gasteiger partial charge in [0.15, 0.2) is 0 Å². The Bertz CT molecular complexity index is 400. The van der Waals surface area contributed by atoms with Crippen molar-refractivity contribution in [2.45, 2.75) is 57.1 Å². The summed E-state index contributed by atoms with van der Waals surface area (Å²) in [5.41, 5.74) is 0. The van der Waals surface area contributed by atoms with E-state index in [9.17, 15) is 14.4 Å². The lowest BCUT2D eigenvalue weighted by atomic mass is 9.92. The molecule has 0 aromatic heterocycles. The molecule has 2 aliphatic rings. The lowest BCUT2D eigenvalue weighted by Crippen LogP contribution is -2.42. The second-order valence-electron chi connectivity index (χ2n) is 5.86. The SMILES string of the molecule is COC1CCC(N(C)C(=O)CCN2C(=O)CCC2=O)CC1. The Labute approximate surface area is 125 Å². The summed E-state index contributed by atoms with van der Waals surface area (Å²) < 4.78 is 5.33. The number of rotatable bonds is 5. The number of methoxy groups -OCH3 is 1. The lowest BCUT2D eigenvalue weighted by Gasteiger charge is -2.34. The van der Waals surface area contributed by atoms with Gasteiger partial charge >= 0.3 is 0 Å². The maximum absolute atomic E-state index is 12.2. The molecular formula is C15H24N2O4. The molecule has 6 heteroatoms. The molecule has 0 atom stereocenters. The highest BCUT2D eigenvalue weighted by molar-refractivity contribution is 6.02. The van der Waals surface area contributed by atoms with E-state index in [0.717, 1.165) is 25.7 Å². The van der Waals surface area contributed by atoms with Gasteiger partial charge in [-0.15, -0.1) is 0 Å². The van der Waals surface area contributed by atoms with E-state index < -0.39 is 0 Å². The van der Waals surface area contributed by atoms with E-state index in [1.807, 2.05) is 7.05 Å². The third kappa shape index (κ3) is 3.81. The van der Waals surface area contributed by atoms with Gasteiger partial charge in [0.2, 0.25) is 17.7 Å². The average molecular weight is 296 g/mol. The van der Waals surface area contributed by atoms with Crippen molar-refractivity contribution < 1.29 is 19.1 Å². The molecule has 0 N–H and O–H groups in total. The second-order valence-corrected chi connectivity index (χ2v) is 5.86. The molecule has 2 rings (SSSR count). The van der Waals surface area contributed by atoms with Gasteiger partial charge in [-0.25, -0.2) is 0 Å². The molecule has 1 aliphatic heterocycles. The molecule has 1 aliphatic carbocycles. The molecule has 1 heterocycles. The van der Waals surface area contributed by atoms with Crippen LogP contribution in [0.5, 0.6) is 0 Å². The molecule has 0 radical (unpaired) electrons. The Kier molecular flexibility index (Phi) is 5.33. The number of likely N-dealkylation sites (tertiary alicyclic amines) is 1. The number of hydrogen-bond acceptors (Lipinski definition) is 4. The minimum absolute atomic E-state index is 0.00312. The minimum Gasteiger partial charge on any atom is -0.381 e. The highest BCUT2D eigenvalue weighted by atomic mass is 16.5. The van der Waals surface area contributed by atoms with Crippen LogP contribution in [0.4, 0.5) is 0 Å². The number of ether oxygens (including phenoxy) is 1. The van der Waals surface area contributed by atoms with Crippen molar-refractivity contribution in [1.29, 1.82) is 0 Å². The van der Waals surface area contributed by atoms with Crippen molar-refractivity contribution in [1.82, 2.24) is 9.80 Å². The van der Waals surface area contributed by atoms with Crippen molar-refractivity contribution in [2.24, 2.45) is 0 Å². The standard InChI is InChI=1S/C15H24N2O4/c1-16(11-3-5-12(21-2)6-4-11)13(18)9-10-17-14(19)7-8-15(17)20/h11-12H,3-10H2,1-2H3. The van der Waals surface area contributed by atoms with Crippen molar-refractivity contribution >= 4 is 17.7 Å². The Morgan fingerprint density at radius 2 is 1.76 bits per heavy atom. The van der Waals surface area contributed by atoms with Crippen molar-refractivity contribution in [3.8, 4) is 0 Å². The molecule has 1 saturated heterocycles. The monoisotopic (exact) mass is 296 g/mol. The summed E-state index contributed by atoms with van der Waals surface area (Å²) in [5.74, 6) is -0.310. The lowest BCUT2D eigenvalue weighted by molar-refractivity contribution is -0.139. The summed E-state index contributed by atoms with van der Waals surface area (Å²) in [5, 5.41) is 0. The fraction of sp³-hybridized carbons (Fsp3) is 0.800. The number of carbonyl (C=O) groups is 3. The van der Waals surface area contributed by atoms with Gasteiger partial charge in [-0.2, -0.15) is 0 Å². The van der Waals surface area contributed by atoms with Crippen LogP contribution < -0.4 is 0 Å². The Morgan fingerprint density at radius 3 is 2.29 bits per heavy atom. The highest BCUT2D eigenvalue weighted by Gasteiger charge is 2.30. The molecule has 0 bridgehead atoms. The minimum atomic E-state index is -0.156. The average Bonchev–Trinajstić information content (AvgIpc) is 2.83. The van der Waals surface area contributed by atoms with E-state index in [1.54, 1.807) is 12.0 Å². The van der Waals surface area contributed by atoms with Gasteiger partial charge < -0.3 is 9.64 Å². The van der Waals surface area contributed by atoms with Crippen LogP contribution in [0.2, 0.25) is 0 Å². The van der Waals surface area contributed by atoms with Gasteiger partial charge in [-0.3, -0.25) is 19.3 Å². The number of imide groups is 1. The third-order valence-electron chi connectivity index (χ3n) is 4.62. The summed E-state index contributed by atoms with van der Waals surface area (Å²) in [4.78, 5) is 38.2. The van der Waals surface area contributed by atoms with Gasteiger partial charge in [0.25, 0.3) is 0 Å². The zero-order valence-corrected chi connectivity index (χ0v) is 12.8. The smallest absolute Gasteiger partial charge is 0.229 e. The van der Waals surface area contributed by atoms with E-state index in [4.69, 9.17) is 4.74 Å². The predicted octanol–water partition coefficient (Wildman–Crippen LogP) is 0.941. The first-order valence-electron chi connectivity index (χ1n) is 7.64. The highest BCUT2D eigenvalue weighted by Crippen LogP contribution is 2.24. The largest absolute Gasteiger partial charge is 0.381 e. The Balaban J connectivity index is 1.78. The van der Waals surface area contributed by atoms with E-state index in [1.165, 1.54) is 4.90 Å². The first kappa shape index (κ1) is 15.9. The number of hydrogen-bond donors (Lipinski definition) is 0. The molecule has 1 saturated carbocycles. The molecule has 6 nitrogen and oxygen atoms in total. The van der Waals surface area contributed by atoms with Gasteiger partial charge in [0, 0.05) is 46.0 Å². The molecule has 21 heavy (non-hydrogen) atoms. The second kappa shape index (κ2) is 7.02. The molecule has 0 aromatic carbocycles. The summed E-state index contributed by atoms with van der Waals surface area (Å²) >= 11 is 0. The predicted molar refractivity (Wildman–Crippen MR) is 76.4 cm³/mol. The molecule has 0 unspecified atom stereocenters. The van der Waals surface area contributed by atoms with Crippen molar-refractivity contribution in [3.05, 3.63) is 0 Å². The Hall–Kier alpha value is -1.43. The summed E-state index contributed by atoms with van der Waals surface area (Å²) in [7, 11) is 3.54. The van der Waals surface area contributed by atoms with Crippen LogP contribution in [-0.2, 0) is 19.1 Å². The van der Waals surface area contributed by atoms with Crippen molar-refractivity contribution in [3.63, 3.8) is 0 Å². The maximum Gasteiger partial charge on any atom is 0.229 e. The van der Waals surface area contributed by atoms with Crippen LogP contribution in [0.3, 0.4) is 0 Å². The van der Waals surface area contributed by atoms with Crippen LogP contribution in [0, 0.1) is 0 Å². The molecule has 2 fully saturated rings. The maximum atomic E-state index is 12.2. The van der Waals surface area contributed by atoms with Crippen LogP contribution >= 0.6 is 0 Å². The topological polar surface area (TPSA) is 66.9 Å². The normalized spacial score (nSPS) is 26.3. The quantitative estimate of drug-likeness (QED) is 0.708.